The maximum Gasteiger partial charge on any atom is 0.410 e. The minimum atomic E-state index is -1.03. The fourth-order valence-electron chi connectivity index (χ4n) is 3.22. The molecule has 1 aliphatic heterocycles. The van der Waals surface area contributed by atoms with Crippen molar-refractivity contribution in [3.8, 4) is 0 Å². The van der Waals surface area contributed by atoms with Gasteiger partial charge in [-0.1, -0.05) is 18.2 Å². The summed E-state index contributed by atoms with van der Waals surface area (Å²) < 4.78 is 12.3. The lowest BCUT2D eigenvalue weighted by molar-refractivity contribution is -0.136. The summed E-state index contributed by atoms with van der Waals surface area (Å²) in [6.45, 7) is 6.46. The number of amides is 1. The van der Waals surface area contributed by atoms with Crippen LogP contribution >= 0.6 is 0 Å². The zero-order chi connectivity index (χ0) is 21.2. The second kappa shape index (κ2) is 8.20. The molecule has 1 fully saturated rings. The number of hydrogen-bond donors (Lipinski definition) is 1. The second-order valence-corrected chi connectivity index (χ2v) is 7.97. The van der Waals surface area contributed by atoms with Gasteiger partial charge in [-0.25, -0.2) is 9.48 Å². The Bertz CT molecular complexity index is 978. The minimum absolute atomic E-state index is 0.107. The lowest BCUT2D eigenvalue weighted by atomic mass is 10.1. The molecule has 0 saturated carbocycles. The molecule has 9 nitrogen and oxygen atoms in total. The number of fused-ring (bicyclic) bond motifs is 1. The molecule has 29 heavy (non-hydrogen) atoms. The van der Waals surface area contributed by atoms with E-state index in [1.165, 1.54) is 4.68 Å². The maximum atomic E-state index is 12.8. The lowest BCUT2D eigenvalue weighted by Gasteiger charge is -2.34. The smallest absolute Gasteiger partial charge is 0.410 e. The number of nitrogens with zero attached hydrogens (tertiary/aromatic N) is 3. The van der Waals surface area contributed by atoms with Gasteiger partial charge in [0.05, 0.1) is 43.3 Å². The van der Waals surface area contributed by atoms with Crippen molar-refractivity contribution in [3.05, 3.63) is 40.3 Å². The summed E-state index contributed by atoms with van der Waals surface area (Å²) in [4.78, 5) is 37.9. The Balaban J connectivity index is 1.84. The molecule has 2 heterocycles. The first-order chi connectivity index (χ1) is 13.6. The van der Waals surface area contributed by atoms with Crippen LogP contribution in [0.4, 0.5) is 4.79 Å². The Morgan fingerprint density at radius 3 is 2.62 bits per heavy atom. The predicted octanol–water partition coefficient (Wildman–Crippen LogP) is 1.66. The zero-order valence-electron chi connectivity index (χ0n) is 16.8. The van der Waals surface area contributed by atoms with Crippen LogP contribution in [-0.2, 0) is 27.2 Å². The Hall–Kier alpha value is -2.94. The zero-order valence-corrected chi connectivity index (χ0v) is 16.8. The lowest BCUT2D eigenvalue weighted by Crippen LogP contribution is -2.49. The molecule has 1 N–H and O–H groups in total. The summed E-state index contributed by atoms with van der Waals surface area (Å²) in [6, 6.07) is 6.80. The predicted molar refractivity (Wildman–Crippen MR) is 105 cm³/mol. The van der Waals surface area contributed by atoms with Crippen molar-refractivity contribution >= 4 is 22.8 Å². The van der Waals surface area contributed by atoms with Gasteiger partial charge in [0.2, 0.25) is 0 Å². The van der Waals surface area contributed by atoms with Gasteiger partial charge in [-0.2, -0.15) is 5.10 Å². The van der Waals surface area contributed by atoms with Crippen molar-refractivity contribution in [1.82, 2.24) is 14.7 Å². The number of carboxylic acid groups (broad SMARTS) is 1. The van der Waals surface area contributed by atoms with Gasteiger partial charge in [0.25, 0.3) is 5.56 Å². The summed E-state index contributed by atoms with van der Waals surface area (Å²) in [5, 5.41) is 14.4. The Labute approximate surface area is 167 Å². The number of carbonyl (C=O) groups is 2. The van der Waals surface area contributed by atoms with E-state index >= 15 is 0 Å². The van der Waals surface area contributed by atoms with Crippen LogP contribution in [0.15, 0.2) is 29.1 Å². The molecular weight excluding hydrogens is 378 g/mol. The highest BCUT2D eigenvalue weighted by atomic mass is 16.6. The number of carbonyl (C=O) groups excluding carboxylic acids is 1. The molecule has 9 heteroatoms. The summed E-state index contributed by atoms with van der Waals surface area (Å²) in [6.07, 6.45) is -1.19. The molecule has 156 valence electrons. The third kappa shape index (κ3) is 5.11. The number of rotatable bonds is 4. The molecule has 1 aromatic carbocycles. The first kappa shape index (κ1) is 20.8. The Morgan fingerprint density at radius 1 is 1.28 bits per heavy atom. The number of aliphatic carboxylic acids is 1. The molecule has 0 radical (unpaired) electrons. The average molecular weight is 403 g/mol. The standard InChI is InChI=1S/C20H25N3O6/c1-20(2,3)29-19(27)22-8-9-28-13(11-22)12-23-18(26)15-7-5-4-6-14(15)16(21-23)10-17(24)25/h4-7,13H,8-12H2,1-3H3,(H,24,25). The fraction of sp³-hybridized carbons (Fsp3) is 0.500. The molecule has 1 atom stereocenters. The number of benzene rings is 1. The molecule has 3 rings (SSSR count). The normalized spacial score (nSPS) is 17.3. The summed E-state index contributed by atoms with van der Waals surface area (Å²) in [7, 11) is 0. The quantitative estimate of drug-likeness (QED) is 0.826. The molecule has 0 spiro atoms. The topological polar surface area (TPSA) is 111 Å². The van der Waals surface area contributed by atoms with Gasteiger partial charge >= 0.3 is 12.1 Å². The monoisotopic (exact) mass is 403 g/mol. The number of hydrogen-bond acceptors (Lipinski definition) is 6. The maximum absolute atomic E-state index is 12.8. The van der Waals surface area contributed by atoms with Crippen molar-refractivity contribution in [2.45, 2.75) is 45.4 Å². The first-order valence-corrected chi connectivity index (χ1v) is 9.44. The van der Waals surface area contributed by atoms with Crippen LogP contribution in [0.5, 0.6) is 0 Å². The molecule has 1 saturated heterocycles. The molecule has 0 bridgehead atoms. The molecule has 1 unspecified atom stereocenters. The minimum Gasteiger partial charge on any atom is -0.481 e. The van der Waals surface area contributed by atoms with Gasteiger partial charge in [0, 0.05) is 11.9 Å². The van der Waals surface area contributed by atoms with E-state index in [0.717, 1.165) is 0 Å². The van der Waals surface area contributed by atoms with E-state index in [9.17, 15) is 19.5 Å². The summed E-state index contributed by atoms with van der Waals surface area (Å²) in [5.41, 5.74) is -0.617. The van der Waals surface area contributed by atoms with Crippen LogP contribution < -0.4 is 5.56 Å². The van der Waals surface area contributed by atoms with E-state index in [-0.39, 0.29) is 25.1 Å². The largest absolute Gasteiger partial charge is 0.481 e. The van der Waals surface area contributed by atoms with Crippen LogP contribution in [0.3, 0.4) is 0 Å². The highest BCUT2D eigenvalue weighted by molar-refractivity contribution is 5.86. The van der Waals surface area contributed by atoms with Gasteiger partial charge in [0.15, 0.2) is 0 Å². The summed E-state index contributed by atoms with van der Waals surface area (Å²) >= 11 is 0. The van der Waals surface area contributed by atoms with E-state index in [4.69, 9.17) is 9.47 Å². The van der Waals surface area contributed by atoms with E-state index in [1.54, 1.807) is 49.9 Å². The van der Waals surface area contributed by atoms with E-state index in [2.05, 4.69) is 5.10 Å². The van der Waals surface area contributed by atoms with Crippen molar-refractivity contribution < 1.29 is 24.2 Å². The summed E-state index contributed by atoms with van der Waals surface area (Å²) in [5.74, 6) is -1.03. The van der Waals surface area contributed by atoms with Crippen molar-refractivity contribution in [1.29, 1.82) is 0 Å². The number of carboxylic acids is 1. The highest BCUT2D eigenvalue weighted by Crippen LogP contribution is 2.16. The number of ether oxygens (including phenoxy) is 2. The van der Waals surface area contributed by atoms with Crippen molar-refractivity contribution in [2.24, 2.45) is 0 Å². The van der Waals surface area contributed by atoms with Crippen molar-refractivity contribution in [2.75, 3.05) is 19.7 Å². The van der Waals surface area contributed by atoms with Crippen LogP contribution in [-0.4, -0.2) is 63.3 Å². The van der Waals surface area contributed by atoms with Gasteiger partial charge in [0.1, 0.15) is 5.60 Å². The van der Waals surface area contributed by atoms with Gasteiger partial charge in [-0.15, -0.1) is 0 Å². The number of aromatic nitrogens is 2. The van der Waals surface area contributed by atoms with Gasteiger partial charge < -0.3 is 19.5 Å². The van der Waals surface area contributed by atoms with Crippen LogP contribution in [0, 0.1) is 0 Å². The molecule has 2 aromatic rings. The molecule has 1 aliphatic rings. The van der Waals surface area contributed by atoms with Crippen molar-refractivity contribution in [3.63, 3.8) is 0 Å². The number of morpholine rings is 1. The van der Waals surface area contributed by atoms with Crippen LogP contribution in [0.25, 0.3) is 10.8 Å². The third-order valence-corrected chi connectivity index (χ3v) is 4.43. The van der Waals surface area contributed by atoms with Gasteiger partial charge in [-0.3, -0.25) is 9.59 Å². The third-order valence-electron chi connectivity index (χ3n) is 4.43. The fourth-order valence-corrected chi connectivity index (χ4v) is 3.22. The highest BCUT2D eigenvalue weighted by Gasteiger charge is 2.29. The molecule has 1 aromatic heterocycles. The SMILES string of the molecule is CC(C)(C)OC(=O)N1CCOC(Cn2nc(CC(=O)O)c3ccccc3c2=O)C1. The molecular formula is C20H25N3O6. The van der Waals surface area contributed by atoms with E-state index < -0.39 is 23.8 Å². The van der Waals surface area contributed by atoms with E-state index in [0.29, 0.717) is 29.6 Å². The van der Waals surface area contributed by atoms with Gasteiger partial charge in [-0.05, 0) is 26.8 Å². The van der Waals surface area contributed by atoms with E-state index in [1.807, 2.05) is 0 Å². The Kier molecular flexibility index (Phi) is 5.88. The molecule has 1 amide bonds. The van der Waals surface area contributed by atoms with Crippen LogP contribution in [0.2, 0.25) is 0 Å². The Morgan fingerprint density at radius 2 is 1.97 bits per heavy atom. The molecule has 0 aliphatic carbocycles. The second-order valence-electron chi connectivity index (χ2n) is 7.97. The van der Waals surface area contributed by atoms with Crippen LogP contribution in [0.1, 0.15) is 26.5 Å². The first-order valence-electron chi connectivity index (χ1n) is 9.44. The average Bonchev–Trinajstić information content (AvgIpc) is 2.64.